The van der Waals surface area contributed by atoms with Crippen molar-refractivity contribution in [1.82, 2.24) is 0 Å². The highest BCUT2D eigenvalue weighted by Crippen LogP contribution is 2.47. The number of nitrogens with one attached hydrogen (secondary N) is 2. The number of benzene rings is 4. The lowest BCUT2D eigenvalue weighted by Gasteiger charge is -2.44. The fraction of sp³-hybridized carbons (Fsp3) is 0.289. The largest absolute Gasteiger partial charge is 0.489 e. The van der Waals surface area contributed by atoms with Crippen LogP contribution < -0.4 is 15.4 Å². The smallest absolute Gasteiger partial charge is 0.235 e. The lowest BCUT2D eigenvalue weighted by atomic mass is 9.61. The lowest BCUT2D eigenvalue weighted by molar-refractivity contribution is -0.150. The second kappa shape index (κ2) is 14.4. The number of carbonyl (C=O) groups excluding carboxylic acids is 3. The van der Waals surface area contributed by atoms with Crippen molar-refractivity contribution in [2.45, 2.75) is 58.2 Å². The minimum atomic E-state index is -1.71. The predicted molar refractivity (Wildman–Crippen MR) is 184 cm³/mol. The number of hydrogen-bond donors (Lipinski definition) is 3. The summed E-state index contributed by atoms with van der Waals surface area (Å²) in [7, 11) is 0. The zero-order valence-corrected chi connectivity index (χ0v) is 27.8. The highest BCUT2D eigenvalue weighted by molar-refractivity contribution is 9.10. The maximum Gasteiger partial charge on any atom is 0.235 e. The molecule has 0 saturated heterocycles. The molecule has 0 radical (unpaired) electrons. The molecule has 4 atom stereocenters. The van der Waals surface area contributed by atoms with Gasteiger partial charge in [0.05, 0.1) is 11.5 Å². The van der Waals surface area contributed by atoms with Crippen LogP contribution in [0.3, 0.4) is 0 Å². The Morgan fingerprint density at radius 1 is 0.848 bits per heavy atom. The van der Waals surface area contributed by atoms with Crippen molar-refractivity contribution in [3.8, 4) is 5.75 Å². The molecule has 46 heavy (non-hydrogen) atoms. The summed E-state index contributed by atoms with van der Waals surface area (Å²) in [5, 5.41) is 17.7. The molecule has 0 heterocycles. The molecule has 1 aliphatic rings. The molecule has 0 aliphatic heterocycles. The van der Waals surface area contributed by atoms with Crippen LogP contribution in [0.1, 0.15) is 55.4 Å². The van der Waals surface area contributed by atoms with Gasteiger partial charge in [-0.3, -0.25) is 14.4 Å². The van der Waals surface area contributed by atoms with Crippen molar-refractivity contribution in [1.29, 1.82) is 0 Å². The van der Waals surface area contributed by atoms with Crippen LogP contribution in [-0.4, -0.2) is 28.3 Å². The summed E-state index contributed by atoms with van der Waals surface area (Å²) in [4.78, 5) is 42.0. The van der Waals surface area contributed by atoms with E-state index < -0.39 is 41.0 Å². The number of carbonyl (C=O) groups is 3. The number of amides is 2. The summed E-state index contributed by atoms with van der Waals surface area (Å²) in [6.07, 6.45) is 1.05. The van der Waals surface area contributed by atoms with Gasteiger partial charge in [-0.25, -0.2) is 0 Å². The number of ketones is 1. The molecule has 1 fully saturated rings. The number of anilines is 2. The van der Waals surface area contributed by atoms with E-state index in [1.807, 2.05) is 80.6 Å². The first-order valence-electron chi connectivity index (χ1n) is 15.6. The van der Waals surface area contributed by atoms with Crippen LogP contribution in [0.4, 0.5) is 11.4 Å². The maximum absolute atomic E-state index is 14.2. The highest BCUT2D eigenvalue weighted by atomic mass is 79.9. The molecule has 0 aromatic heterocycles. The molecule has 238 valence electrons. The number of para-hydroxylation sites is 2. The SMILES string of the molecule is CCc1ccccc1NC(=O)C1C(=O)CC(C)(O)C(C(=O)Nc2ccccc2CC)C1c1ccc(OCc2cccc(Br)c2)cc1. The number of Topliss-reactive ketones (excluding diaryl/α,β-unsaturated/α-hetero) is 1. The topological polar surface area (TPSA) is 105 Å². The molecule has 1 saturated carbocycles. The minimum Gasteiger partial charge on any atom is -0.489 e. The van der Waals surface area contributed by atoms with Crippen molar-refractivity contribution < 1.29 is 24.2 Å². The Morgan fingerprint density at radius 2 is 1.43 bits per heavy atom. The van der Waals surface area contributed by atoms with Gasteiger partial charge in [0.1, 0.15) is 24.1 Å². The van der Waals surface area contributed by atoms with E-state index in [4.69, 9.17) is 4.74 Å². The van der Waals surface area contributed by atoms with Crippen LogP contribution in [0.25, 0.3) is 0 Å². The Kier molecular flexibility index (Phi) is 10.4. The van der Waals surface area contributed by atoms with Gasteiger partial charge in [-0.1, -0.05) is 90.4 Å². The van der Waals surface area contributed by atoms with E-state index in [2.05, 4.69) is 26.6 Å². The molecule has 3 N–H and O–H groups in total. The molecule has 1 aliphatic carbocycles. The van der Waals surface area contributed by atoms with Gasteiger partial charge in [0.2, 0.25) is 11.8 Å². The van der Waals surface area contributed by atoms with Gasteiger partial charge in [0, 0.05) is 28.2 Å². The van der Waals surface area contributed by atoms with Crippen molar-refractivity contribution in [3.05, 3.63) is 124 Å². The molecule has 7 nitrogen and oxygen atoms in total. The van der Waals surface area contributed by atoms with Crippen LogP contribution in [-0.2, 0) is 33.8 Å². The van der Waals surface area contributed by atoms with E-state index in [-0.39, 0.29) is 6.42 Å². The first-order chi connectivity index (χ1) is 22.1. The second-order valence-corrected chi connectivity index (χ2v) is 12.9. The van der Waals surface area contributed by atoms with Gasteiger partial charge < -0.3 is 20.5 Å². The number of aryl methyl sites for hydroxylation is 2. The molecule has 4 aromatic rings. The van der Waals surface area contributed by atoms with Gasteiger partial charge in [0.25, 0.3) is 0 Å². The maximum atomic E-state index is 14.2. The van der Waals surface area contributed by atoms with Crippen LogP contribution in [0.15, 0.2) is 102 Å². The predicted octanol–water partition coefficient (Wildman–Crippen LogP) is 7.47. The molecule has 4 unspecified atom stereocenters. The third-order valence-electron chi connectivity index (χ3n) is 8.70. The Balaban J connectivity index is 1.51. The van der Waals surface area contributed by atoms with Gasteiger partial charge in [-0.15, -0.1) is 0 Å². The zero-order chi connectivity index (χ0) is 32.8. The van der Waals surface area contributed by atoms with Gasteiger partial charge in [-0.05, 0) is 78.4 Å². The Labute approximate surface area is 278 Å². The fourth-order valence-corrected chi connectivity index (χ4v) is 6.84. The molecule has 0 spiro atoms. The first-order valence-corrected chi connectivity index (χ1v) is 16.4. The lowest BCUT2D eigenvalue weighted by Crippen LogP contribution is -2.56. The van der Waals surface area contributed by atoms with Gasteiger partial charge in [0.15, 0.2) is 0 Å². The number of hydrogen-bond acceptors (Lipinski definition) is 5. The van der Waals surface area contributed by atoms with Crippen molar-refractivity contribution in [2.75, 3.05) is 10.6 Å². The third-order valence-corrected chi connectivity index (χ3v) is 9.20. The average Bonchev–Trinajstić information content (AvgIpc) is 3.03. The van der Waals surface area contributed by atoms with E-state index in [1.54, 1.807) is 30.3 Å². The van der Waals surface area contributed by atoms with Gasteiger partial charge >= 0.3 is 0 Å². The highest BCUT2D eigenvalue weighted by Gasteiger charge is 2.56. The van der Waals surface area contributed by atoms with Gasteiger partial charge in [-0.2, -0.15) is 0 Å². The first kappa shape index (κ1) is 33.1. The Hall–Kier alpha value is -4.27. The molecular weight excluding hydrogens is 644 g/mol. The third kappa shape index (κ3) is 7.40. The normalized spacial score (nSPS) is 21.0. The number of ether oxygens (including phenoxy) is 1. The van der Waals surface area contributed by atoms with E-state index in [9.17, 15) is 19.5 Å². The van der Waals surface area contributed by atoms with E-state index >= 15 is 0 Å². The Morgan fingerprint density at radius 3 is 2.02 bits per heavy atom. The van der Waals surface area contributed by atoms with E-state index in [0.29, 0.717) is 42.1 Å². The molecule has 0 bridgehead atoms. The molecular formula is C38H39BrN2O5. The zero-order valence-electron chi connectivity index (χ0n) is 26.3. The Bertz CT molecular complexity index is 1720. The van der Waals surface area contributed by atoms with Crippen molar-refractivity contribution in [3.63, 3.8) is 0 Å². The fourth-order valence-electron chi connectivity index (χ4n) is 6.39. The summed E-state index contributed by atoms with van der Waals surface area (Å²) in [6.45, 7) is 5.84. The number of rotatable bonds is 10. The quantitative estimate of drug-likeness (QED) is 0.151. The number of halogens is 1. The summed E-state index contributed by atoms with van der Waals surface area (Å²) in [6, 6.07) is 29.9. The molecule has 2 amide bonds. The van der Waals surface area contributed by atoms with Crippen molar-refractivity contribution >= 4 is 44.9 Å². The second-order valence-electron chi connectivity index (χ2n) is 12.0. The van der Waals surface area contributed by atoms with E-state index in [0.717, 1.165) is 21.2 Å². The van der Waals surface area contributed by atoms with Crippen LogP contribution in [0.2, 0.25) is 0 Å². The van der Waals surface area contributed by atoms with Crippen LogP contribution in [0.5, 0.6) is 5.75 Å². The van der Waals surface area contributed by atoms with Crippen molar-refractivity contribution in [2.24, 2.45) is 11.8 Å². The molecule has 4 aromatic carbocycles. The monoisotopic (exact) mass is 682 g/mol. The standard InChI is InChI=1S/C38H39BrN2O5/c1-4-25-12-6-8-15-30(25)40-36(43)34-32(42)22-38(3,45)35(37(44)41-31-16-9-7-13-26(31)5-2)33(34)27-17-19-29(20-18-27)46-23-24-11-10-14-28(39)21-24/h6-21,33-35,45H,4-5,22-23H2,1-3H3,(H,40,43)(H,41,44). The van der Waals surface area contributed by atoms with Crippen LogP contribution in [0, 0.1) is 11.8 Å². The summed E-state index contributed by atoms with van der Waals surface area (Å²) in [5.74, 6) is -4.06. The molecule has 5 rings (SSSR count). The minimum absolute atomic E-state index is 0.335. The number of aliphatic hydroxyl groups is 1. The summed E-state index contributed by atoms with van der Waals surface area (Å²) >= 11 is 3.48. The summed E-state index contributed by atoms with van der Waals surface area (Å²) in [5.41, 5.74) is 2.98. The van der Waals surface area contributed by atoms with Crippen LogP contribution >= 0.6 is 15.9 Å². The summed E-state index contributed by atoms with van der Waals surface area (Å²) < 4.78 is 6.97. The molecule has 8 heteroatoms. The average molecular weight is 684 g/mol. The van der Waals surface area contributed by atoms with E-state index in [1.165, 1.54) is 6.92 Å².